The Bertz CT molecular complexity index is 557. The van der Waals surface area contributed by atoms with Crippen LogP contribution in [0.3, 0.4) is 0 Å². The van der Waals surface area contributed by atoms with E-state index in [9.17, 15) is 19.0 Å². The van der Waals surface area contributed by atoms with E-state index in [1.165, 1.54) is 0 Å². The summed E-state index contributed by atoms with van der Waals surface area (Å²) in [4.78, 5) is 31.5. The summed E-state index contributed by atoms with van der Waals surface area (Å²) in [6, 6.07) is 9.78. The summed E-state index contributed by atoms with van der Waals surface area (Å²) in [6.45, 7) is 0. The van der Waals surface area contributed by atoms with E-state index in [4.69, 9.17) is 10.2 Å². The first kappa shape index (κ1) is 19.4. The lowest BCUT2D eigenvalue weighted by atomic mass is 10.1. The lowest BCUT2D eigenvalue weighted by Crippen LogP contribution is -2.20. The molecular formula is C16H23O6P. The molecule has 1 aromatic rings. The van der Waals surface area contributed by atoms with Crippen molar-refractivity contribution in [1.29, 1.82) is 0 Å². The molecule has 0 saturated heterocycles. The van der Waals surface area contributed by atoms with Crippen molar-refractivity contribution in [3.05, 3.63) is 35.9 Å². The molecule has 1 rings (SSSR count). The third-order valence-corrected chi connectivity index (χ3v) is 5.65. The smallest absolute Gasteiger partial charge is 0.307 e. The number of unbranched alkanes of at least 4 members (excludes halogenated alkanes) is 1. The molecule has 6 nitrogen and oxygen atoms in total. The third-order valence-electron chi connectivity index (χ3n) is 3.63. The molecule has 0 spiro atoms. The Morgan fingerprint density at radius 1 is 1.09 bits per heavy atom. The minimum atomic E-state index is -3.56. The van der Waals surface area contributed by atoms with Crippen LogP contribution in [-0.2, 0) is 20.6 Å². The van der Waals surface area contributed by atoms with E-state index in [0.717, 1.165) is 18.4 Å². The van der Waals surface area contributed by atoms with E-state index < -0.39 is 25.2 Å². The van der Waals surface area contributed by atoms with Gasteiger partial charge in [-0.2, -0.15) is 0 Å². The predicted octanol–water partition coefficient (Wildman–Crippen LogP) is 2.85. The number of aryl methyl sites for hydroxylation is 1. The van der Waals surface area contributed by atoms with Gasteiger partial charge in [0.05, 0.1) is 5.92 Å². The fraction of sp³-hybridized carbons (Fsp3) is 0.500. The number of carboxylic acid groups (broad SMARTS) is 2. The zero-order valence-corrected chi connectivity index (χ0v) is 13.8. The van der Waals surface area contributed by atoms with Crippen molar-refractivity contribution in [2.45, 2.75) is 32.1 Å². The van der Waals surface area contributed by atoms with Crippen LogP contribution >= 0.6 is 7.37 Å². The molecule has 0 radical (unpaired) electrons. The second-order valence-electron chi connectivity index (χ2n) is 5.66. The summed E-state index contributed by atoms with van der Waals surface area (Å²) >= 11 is 0. The summed E-state index contributed by atoms with van der Waals surface area (Å²) in [5.41, 5.74) is 1.16. The molecule has 0 amide bonds. The van der Waals surface area contributed by atoms with Gasteiger partial charge in [0.1, 0.15) is 0 Å². The SMILES string of the molecule is O=C(O)CCC(CP(=O)(O)CCCCc1ccccc1)C(=O)O. The normalized spacial score (nSPS) is 14.8. The molecule has 7 heteroatoms. The molecule has 0 bridgehead atoms. The van der Waals surface area contributed by atoms with Gasteiger partial charge in [-0.15, -0.1) is 0 Å². The summed E-state index contributed by atoms with van der Waals surface area (Å²) in [5.74, 6) is -3.41. The highest BCUT2D eigenvalue weighted by molar-refractivity contribution is 7.58. The highest BCUT2D eigenvalue weighted by Gasteiger charge is 2.28. The van der Waals surface area contributed by atoms with Crippen LogP contribution in [0, 0.1) is 5.92 Å². The van der Waals surface area contributed by atoms with Crippen LogP contribution in [0.5, 0.6) is 0 Å². The van der Waals surface area contributed by atoms with Crippen molar-refractivity contribution in [1.82, 2.24) is 0 Å². The maximum atomic E-state index is 12.1. The van der Waals surface area contributed by atoms with Crippen LogP contribution in [-0.4, -0.2) is 39.4 Å². The van der Waals surface area contributed by atoms with Gasteiger partial charge in [0, 0.05) is 18.7 Å². The summed E-state index contributed by atoms with van der Waals surface area (Å²) in [7, 11) is -3.56. The molecule has 0 saturated carbocycles. The Morgan fingerprint density at radius 2 is 1.74 bits per heavy atom. The fourth-order valence-corrected chi connectivity index (χ4v) is 4.29. The quantitative estimate of drug-likeness (QED) is 0.421. The Kier molecular flexibility index (Phi) is 8.00. The zero-order valence-electron chi connectivity index (χ0n) is 12.9. The maximum Gasteiger partial charge on any atom is 0.307 e. The molecule has 0 heterocycles. The largest absolute Gasteiger partial charge is 0.481 e. The molecule has 0 aliphatic heterocycles. The molecule has 23 heavy (non-hydrogen) atoms. The minimum absolute atomic E-state index is 0.0662. The maximum absolute atomic E-state index is 12.1. The van der Waals surface area contributed by atoms with E-state index in [1.807, 2.05) is 30.3 Å². The monoisotopic (exact) mass is 342 g/mol. The molecule has 3 N–H and O–H groups in total. The fourth-order valence-electron chi connectivity index (χ4n) is 2.36. The lowest BCUT2D eigenvalue weighted by Gasteiger charge is -2.16. The van der Waals surface area contributed by atoms with E-state index in [2.05, 4.69) is 0 Å². The first-order valence-corrected chi connectivity index (χ1v) is 9.62. The molecule has 0 aliphatic carbocycles. The summed E-state index contributed by atoms with van der Waals surface area (Å²) in [5, 5.41) is 17.6. The Morgan fingerprint density at radius 3 is 2.30 bits per heavy atom. The van der Waals surface area contributed by atoms with Crippen molar-refractivity contribution in [2.24, 2.45) is 5.92 Å². The van der Waals surface area contributed by atoms with Gasteiger partial charge >= 0.3 is 11.9 Å². The van der Waals surface area contributed by atoms with Gasteiger partial charge in [0.15, 0.2) is 0 Å². The van der Waals surface area contributed by atoms with Crippen LogP contribution in [0.15, 0.2) is 30.3 Å². The Hall–Kier alpha value is -1.65. The number of benzene rings is 1. The zero-order chi connectivity index (χ0) is 17.3. The second kappa shape index (κ2) is 9.48. The number of carboxylic acids is 2. The average molecular weight is 342 g/mol. The van der Waals surface area contributed by atoms with Gasteiger partial charge in [-0.25, -0.2) is 0 Å². The topological polar surface area (TPSA) is 112 Å². The van der Waals surface area contributed by atoms with Crippen molar-refractivity contribution in [3.63, 3.8) is 0 Å². The number of aliphatic carboxylic acids is 2. The second-order valence-corrected chi connectivity index (χ2v) is 8.17. The number of carbonyl (C=O) groups is 2. The van der Waals surface area contributed by atoms with Gasteiger partial charge in [-0.1, -0.05) is 30.3 Å². The van der Waals surface area contributed by atoms with Crippen molar-refractivity contribution in [2.75, 3.05) is 12.3 Å². The lowest BCUT2D eigenvalue weighted by molar-refractivity contribution is -0.142. The van der Waals surface area contributed by atoms with Crippen molar-refractivity contribution >= 4 is 19.3 Å². The number of hydrogen-bond acceptors (Lipinski definition) is 3. The minimum Gasteiger partial charge on any atom is -0.481 e. The molecule has 128 valence electrons. The number of hydrogen-bond donors (Lipinski definition) is 3. The van der Waals surface area contributed by atoms with Gasteiger partial charge < -0.3 is 15.1 Å². The van der Waals surface area contributed by atoms with E-state index in [1.54, 1.807) is 0 Å². The standard InChI is InChI=1S/C16H23O6P/c17-15(18)10-9-14(16(19)20)12-23(21,22)11-5-4-8-13-6-2-1-3-7-13/h1-3,6-7,14H,4-5,8-12H2,(H,17,18)(H,19,20)(H,21,22). The highest BCUT2D eigenvalue weighted by Crippen LogP contribution is 2.44. The van der Waals surface area contributed by atoms with Gasteiger partial charge in [-0.05, 0) is 31.2 Å². The first-order chi connectivity index (χ1) is 10.8. The molecule has 2 unspecified atom stereocenters. The average Bonchev–Trinajstić information content (AvgIpc) is 2.48. The highest BCUT2D eigenvalue weighted by atomic mass is 31.2. The number of rotatable bonds is 11. The Labute approximate surface area is 135 Å². The van der Waals surface area contributed by atoms with Gasteiger partial charge in [0.2, 0.25) is 7.37 Å². The summed E-state index contributed by atoms with van der Waals surface area (Å²) in [6.07, 6.45) is 1.36. The molecular weight excluding hydrogens is 319 g/mol. The van der Waals surface area contributed by atoms with Gasteiger partial charge in [0.25, 0.3) is 0 Å². The van der Waals surface area contributed by atoms with Crippen molar-refractivity contribution in [3.8, 4) is 0 Å². The van der Waals surface area contributed by atoms with Crippen LogP contribution in [0.25, 0.3) is 0 Å². The van der Waals surface area contributed by atoms with Crippen LogP contribution < -0.4 is 0 Å². The van der Waals surface area contributed by atoms with Crippen molar-refractivity contribution < 1.29 is 29.3 Å². The third kappa shape index (κ3) is 8.53. The van der Waals surface area contributed by atoms with E-state index >= 15 is 0 Å². The predicted molar refractivity (Wildman–Crippen MR) is 86.9 cm³/mol. The molecule has 0 aromatic heterocycles. The molecule has 2 atom stereocenters. The first-order valence-electron chi connectivity index (χ1n) is 7.59. The van der Waals surface area contributed by atoms with Crippen LogP contribution in [0.4, 0.5) is 0 Å². The summed E-state index contributed by atoms with van der Waals surface area (Å²) < 4.78 is 12.1. The molecule has 1 aromatic carbocycles. The van der Waals surface area contributed by atoms with E-state index in [-0.39, 0.29) is 25.2 Å². The molecule has 0 fully saturated rings. The van der Waals surface area contributed by atoms with Gasteiger partial charge in [-0.3, -0.25) is 14.2 Å². The van der Waals surface area contributed by atoms with Crippen LogP contribution in [0.1, 0.15) is 31.2 Å². The Balaban J connectivity index is 2.39. The van der Waals surface area contributed by atoms with E-state index in [0.29, 0.717) is 6.42 Å². The van der Waals surface area contributed by atoms with Crippen LogP contribution in [0.2, 0.25) is 0 Å². The molecule has 0 aliphatic rings.